The Morgan fingerprint density at radius 2 is 1.96 bits per heavy atom. The average Bonchev–Trinajstić information content (AvgIpc) is 3.18. The fraction of sp³-hybridized carbons (Fsp3) is 0.600. The van der Waals surface area contributed by atoms with E-state index in [0.29, 0.717) is 10.6 Å². The van der Waals surface area contributed by atoms with E-state index >= 15 is 0 Å². The standard InChI is InChI=1S/C20H27ClN4O/c21-19-14-18(5-4-17(19)15-22)25-12-6-16(7-13-25)20(26)23-8-3-11-24-9-1-2-10-24/h4-5,14,16H,1-3,6-13H2,(H,23,26). The van der Waals surface area contributed by atoms with E-state index in [1.165, 1.54) is 25.9 Å². The van der Waals surface area contributed by atoms with Crippen molar-refractivity contribution in [1.82, 2.24) is 10.2 Å². The van der Waals surface area contributed by atoms with Gasteiger partial charge in [-0.3, -0.25) is 4.79 Å². The van der Waals surface area contributed by atoms with Crippen LogP contribution in [0.3, 0.4) is 0 Å². The van der Waals surface area contributed by atoms with Gasteiger partial charge in [0.1, 0.15) is 6.07 Å². The number of rotatable bonds is 6. The van der Waals surface area contributed by atoms with E-state index in [4.69, 9.17) is 16.9 Å². The summed E-state index contributed by atoms with van der Waals surface area (Å²) in [6.45, 7) is 5.98. The van der Waals surface area contributed by atoms with Gasteiger partial charge in [0.25, 0.3) is 0 Å². The summed E-state index contributed by atoms with van der Waals surface area (Å²) in [5.74, 6) is 0.302. The molecule has 1 N–H and O–H groups in total. The Balaban J connectivity index is 1.39. The van der Waals surface area contributed by atoms with Gasteiger partial charge in [-0.05, 0) is 69.9 Å². The van der Waals surface area contributed by atoms with Crippen molar-refractivity contribution in [2.24, 2.45) is 5.92 Å². The van der Waals surface area contributed by atoms with Crippen LogP contribution in [0.2, 0.25) is 5.02 Å². The van der Waals surface area contributed by atoms with E-state index in [9.17, 15) is 4.79 Å². The summed E-state index contributed by atoms with van der Waals surface area (Å²) >= 11 is 6.13. The molecule has 0 bridgehead atoms. The number of halogens is 1. The monoisotopic (exact) mass is 374 g/mol. The van der Waals surface area contributed by atoms with E-state index in [-0.39, 0.29) is 11.8 Å². The first-order chi connectivity index (χ1) is 12.7. The molecule has 2 fully saturated rings. The molecular formula is C20H27ClN4O. The molecule has 0 atom stereocenters. The van der Waals surface area contributed by atoms with Gasteiger partial charge < -0.3 is 15.1 Å². The first-order valence-corrected chi connectivity index (χ1v) is 10.00. The maximum Gasteiger partial charge on any atom is 0.223 e. The van der Waals surface area contributed by atoms with E-state index in [1.54, 1.807) is 6.07 Å². The Morgan fingerprint density at radius 1 is 1.23 bits per heavy atom. The molecule has 2 aliphatic heterocycles. The number of carbonyl (C=O) groups excluding carboxylic acids is 1. The second kappa shape index (κ2) is 9.25. The lowest BCUT2D eigenvalue weighted by Gasteiger charge is -2.33. The Morgan fingerprint density at radius 3 is 2.62 bits per heavy atom. The molecule has 0 spiro atoms. The van der Waals surface area contributed by atoms with Gasteiger partial charge in [0.2, 0.25) is 5.91 Å². The minimum atomic E-state index is 0.104. The molecule has 0 aromatic heterocycles. The number of carbonyl (C=O) groups is 1. The predicted molar refractivity (Wildman–Crippen MR) is 104 cm³/mol. The van der Waals surface area contributed by atoms with Gasteiger partial charge in [0.05, 0.1) is 10.6 Å². The molecule has 6 heteroatoms. The topological polar surface area (TPSA) is 59.4 Å². The van der Waals surface area contributed by atoms with Crippen LogP contribution >= 0.6 is 11.6 Å². The number of nitriles is 1. The zero-order chi connectivity index (χ0) is 18.4. The van der Waals surface area contributed by atoms with Crippen molar-refractivity contribution in [2.75, 3.05) is 44.2 Å². The first-order valence-electron chi connectivity index (χ1n) is 9.62. The lowest BCUT2D eigenvalue weighted by atomic mass is 9.95. The van der Waals surface area contributed by atoms with Crippen molar-refractivity contribution in [1.29, 1.82) is 5.26 Å². The van der Waals surface area contributed by atoms with Crippen LogP contribution in [0, 0.1) is 17.2 Å². The highest BCUT2D eigenvalue weighted by Gasteiger charge is 2.25. The highest BCUT2D eigenvalue weighted by atomic mass is 35.5. The Hall–Kier alpha value is -1.77. The molecule has 1 aromatic carbocycles. The molecule has 1 aromatic rings. The molecule has 2 saturated heterocycles. The Labute approximate surface area is 160 Å². The lowest BCUT2D eigenvalue weighted by Crippen LogP contribution is -2.41. The highest BCUT2D eigenvalue weighted by molar-refractivity contribution is 6.32. The van der Waals surface area contributed by atoms with E-state index in [1.807, 2.05) is 12.1 Å². The van der Waals surface area contributed by atoms with Gasteiger partial charge in [0, 0.05) is 31.2 Å². The summed E-state index contributed by atoms with van der Waals surface area (Å²) < 4.78 is 0. The zero-order valence-corrected chi connectivity index (χ0v) is 16.0. The van der Waals surface area contributed by atoms with Gasteiger partial charge in [-0.25, -0.2) is 0 Å². The molecule has 3 rings (SSSR count). The summed E-state index contributed by atoms with van der Waals surface area (Å²) in [5, 5.41) is 12.6. The van der Waals surface area contributed by atoms with Gasteiger partial charge in [-0.1, -0.05) is 11.6 Å². The van der Waals surface area contributed by atoms with Crippen LogP contribution in [-0.4, -0.2) is 50.1 Å². The fourth-order valence-corrected chi connectivity index (χ4v) is 4.07. The molecule has 0 radical (unpaired) electrons. The summed E-state index contributed by atoms with van der Waals surface area (Å²) in [4.78, 5) is 17.1. The zero-order valence-electron chi connectivity index (χ0n) is 15.2. The minimum Gasteiger partial charge on any atom is -0.371 e. The molecule has 5 nitrogen and oxygen atoms in total. The van der Waals surface area contributed by atoms with Gasteiger partial charge in [-0.2, -0.15) is 5.26 Å². The molecule has 140 valence electrons. The molecular weight excluding hydrogens is 348 g/mol. The van der Waals surface area contributed by atoms with Crippen molar-refractivity contribution in [3.8, 4) is 6.07 Å². The second-order valence-corrected chi connectivity index (χ2v) is 7.64. The predicted octanol–water partition coefficient (Wildman–Crippen LogP) is 3.03. The van der Waals surface area contributed by atoms with Crippen molar-refractivity contribution >= 4 is 23.2 Å². The van der Waals surface area contributed by atoms with E-state index in [2.05, 4.69) is 21.2 Å². The molecule has 1 amide bonds. The van der Waals surface area contributed by atoms with Crippen LogP contribution in [0.15, 0.2) is 18.2 Å². The number of nitrogens with one attached hydrogen (secondary N) is 1. The number of hydrogen-bond donors (Lipinski definition) is 1. The molecule has 0 aliphatic carbocycles. The number of amides is 1. The van der Waals surface area contributed by atoms with Crippen LogP contribution in [0.4, 0.5) is 5.69 Å². The van der Waals surface area contributed by atoms with E-state index < -0.39 is 0 Å². The van der Waals surface area contributed by atoms with Crippen LogP contribution in [0.25, 0.3) is 0 Å². The normalized spacial score (nSPS) is 18.7. The fourth-order valence-electron chi connectivity index (χ4n) is 3.86. The van der Waals surface area contributed by atoms with Crippen molar-refractivity contribution in [3.63, 3.8) is 0 Å². The van der Waals surface area contributed by atoms with Crippen LogP contribution in [0.1, 0.15) is 37.7 Å². The number of piperidine rings is 1. The minimum absolute atomic E-state index is 0.104. The van der Waals surface area contributed by atoms with Gasteiger partial charge >= 0.3 is 0 Å². The maximum absolute atomic E-state index is 12.4. The molecule has 26 heavy (non-hydrogen) atoms. The Bertz CT molecular complexity index is 658. The van der Waals surface area contributed by atoms with Gasteiger partial charge in [-0.15, -0.1) is 0 Å². The number of hydrogen-bond acceptors (Lipinski definition) is 4. The summed E-state index contributed by atoms with van der Waals surface area (Å²) in [6.07, 6.45) is 5.38. The van der Waals surface area contributed by atoms with Crippen LogP contribution in [0.5, 0.6) is 0 Å². The molecule has 0 unspecified atom stereocenters. The molecule has 2 aliphatic rings. The summed E-state index contributed by atoms with van der Waals surface area (Å²) in [7, 11) is 0. The number of benzene rings is 1. The number of likely N-dealkylation sites (tertiary alicyclic amines) is 1. The maximum atomic E-state index is 12.4. The second-order valence-electron chi connectivity index (χ2n) is 7.23. The average molecular weight is 375 g/mol. The van der Waals surface area contributed by atoms with Crippen LogP contribution < -0.4 is 10.2 Å². The van der Waals surface area contributed by atoms with E-state index in [0.717, 1.165) is 51.1 Å². The third kappa shape index (κ3) is 4.90. The largest absolute Gasteiger partial charge is 0.371 e. The number of nitrogens with zero attached hydrogens (tertiary/aromatic N) is 3. The van der Waals surface area contributed by atoms with Gasteiger partial charge in [0.15, 0.2) is 0 Å². The lowest BCUT2D eigenvalue weighted by molar-refractivity contribution is -0.125. The van der Waals surface area contributed by atoms with Crippen LogP contribution in [-0.2, 0) is 4.79 Å². The van der Waals surface area contributed by atoms with Crippen molar-refractivity contribution in [2.45, 2.75) is 32.1 Å². The molecule has 2 heterocycles. The first kappa shape index (κ1) is 19.0. The SMILES string of the molecule is N#Cc1ccc(N2CCC(C(=O)NCCCN3CCCC3)CC2)cc1Cl. The van der Waals surface area contributed by atoms with Crippen molar-refractivity contribution < 1.29 is 4.79 Å². The third-order valence-corrected chi connectivity index (χ3v) is 5.77. The third-order valence-electron chi connectivity index (χ3n) is 5.45. The Kier molecular flexibility index (Phi) is 6.76. The smallest absolute Gasteiger partial charge is 0.223 e. The highest BCUT2D eigenvalue weighted by Crippen LogP contribution is 2.27. The quantitative estimate of drug-likeness (QED) is 0.777. The molecule has 0 saturated carbocycles. The number of anilines is 1. The summed E-state index contributed by atoms with van der Waals surface area (Å²) in [6, 6.07) is 7.62. The summed E-state index contributed by atoms with van der Waals surface area (Å²) in [5.41, 5.74) is 1.53. The van der Waals surface area contributed by atoms with Crippen molar-refractivity contribution in [3.05, 3.63) is 28.8 Å².